The largest absolute Gasteiger partial charge is 0.373 e. The molecule has 2 unspecified atom stereocenters. The first-order chi connectivity index (χ1) is 13.8. The molecular weight excluding hydrogens is 432 g/mol. The number of nitrogens with zero attached hydrogens (tertiary/aromatic N) is 4. The number of aromatic nitrogens is 1. The Balaban J connectivity index is 1.38. The third-order valence-corrected chi connectivity index (χ3v) is 9.01. The standard InChI is InChI=1S/C18H24N4O4S3/c1-13-11-22(12-14(2)26-13)29(24,25)21-7-5-20(6-8-21)18(23)16-10-19-17(28-16)15-4-3-9-27-15/h3-4,9-10,13-14H,5-8,11-12H2,1-2H3. The Morgan fingerprint density at radius 2 is 1.83 bits per heavy atom. The van der Waals surface area contributed by atoms with E-state index in [9.17, 15) is 13.2 Å². The number of carbonyl (C=O) groups is 1. The van der Waals surface area contributed by atoms with Gasteiger partial charge in [0.2, 0.25) is 0 Å². The van der Waals surface area contributed by atoms with Crippen molar-refractivity contribution in [1.82, 2.24) is 18.5 Å². The number of rotatable bonds is 4. The van der Waals surface area contributed by atoms with Crippen LogP contribution in [0.3, 0.4) is 0 Å². The molecule has 2 fully saturated rings. The summed E-state index contributed by atoms with van der Waals surface area (Å²) in [6, 6.07) is 3.94. The second kappa shape index (κ2) is 8.40. The number of hydrogen-bond acceptors (Lipinski definition) is 7. The summed E-state index contributed by atoms with van der Waals surface area (Å²) < 4.78 is 34.6. The third-order valence-electron chi connectivity index (χ3n) is 5.01. The molecular formula is C18H24N4O4S3. The van der Waals surface area contributed by atoms with Gasteiger partial charge in [-0.3, -0.25) is 4.79 Å². The monoisotopic (exact) mass is 456 g/mol. The summed E-state index contributed by atoms with van der Waals surface area (Å²) in [6.45, 7) is 5.83. The Kier molecular flexibility index (Phi) is 6.05. The Labute approximate surface area is 178 Å². The van der Waals surface area contributed by atoms with E-state index in [0.29, 0.717) is 44.1 Å². The molecule has 0 aromatic carbocycles. The first-order valence-corrected chi connectivity index (χ1v) is 12.6. The van der Waals surface area contributed by atoms with Crippen LogP contribution in [0, 0.1) is 0 Å². The maximum atomic E-state index is 13.0. The Morgan fingerprint density at radius 1 is 1.14 bits per heavy atom. The zero-order valence-electron chi connectivity index (χ0n) is 16.4. The number of ether oxygens (including phenoxy) is 1. The predicted octanol–water partition coefficient (Wildman–Crippen LogP) is 1.98. The summed E-state index contributed by atoms with van der Waals surface area (Å²) in [5, 5.41) is 2.81. The van der Waals surface area contributed by atoms with E-state index in [2.05, 4.69) is 4.98 Å². The second-order valence-corrected chi connectivity index (χ2v) is 11.2. The van der Waals surface area contributed by atoms with E-state index < -0.39 is 10.2 Å². The van der Waals surface area contributed by atoms with Gasteiger partial charge < -0.3 is 9.64 Å². The van der Waals surface area contributed by atoms with Crippen molar-refractivity contribution in [3.05, 3.63) is 28.6 Å². The molecule has 2 aliphatic heterocycles. The molecule has 0 spiro atoms. The highest BCUT2D eigenvalue weighted by Crippen LogP contribution is 2.29. The average Bonchev–Trinajstić information content (AvgIpc) is 3.38. The lowest BCUT2D eigenvalue weighted by atomic mass is 10.3. The minimum Gasteiger partial charge on any atom is -0.373 e. The van der Waals surface area contributed by atoms with E-state index in [-0.39, 0.29) is 18.1 Å². The van der Waals surface area contributed by atoms with Crippen molar-refractivity contribution in [1.29, 1.82) is 0 Å². The molecule has 2 aromatic heterocycles. The van der Waals surface area contributed by atoms with Crippen molar-refractivity contribution in [2.24, 2.45) is 0 Å². The van der Waals surface area contributed by atoms with Gasteiger partial charge in [0.1, 0.15) is 9.88 Å². The normalized spacial score (nSPS) is 24.7. The summed E-state index contributed by atoms with van der Waals surface area (Å²) in [4.78, 5) is 20.5. The van der Waals surface area contributed by atoms with Crippen LogP contribution in [-0.2, 0) is 14.9 Å². The Hall–Kier alpha value is -1.37. The smallest absolute Gasteiger partial charge is 0.282 e. The third kappa shape index (κ3) is 4.39. The van der Waals surface area contributed by atoms with Gasteiger partial charge in [-0.15, -0.1) is 22.7 Å². The molecule has 2 saturated heterocycles. The van der Waals surface area contributed by atoms with Crippen molar-refractivity contribution in [2.75, 3.05) is 39.3 Å². The van der Waals surface area contributed by atoms with E-state index >= 15 is 0 Å². The van der Waals surface area contributed by atoms with Crippen LogP contribution in [0.2, 0.25) is 0 Å². The lowest BCUT2D eigenvalue weighted by molar-refractivity contribution is -0.0457. The lowest BCUT2D eigenvalue weighted by Gasteiger charge is -2.40. The van der Waals surface area contributed by atoms with Gasteiger partial charge in [0.05, 0.1) is 23.3 Å². The van der Waals surface area contributed by atoms with Crippen molar-refractivity contribution < 1.29 is 17.9 Å². The van der Waals surface area contributed by atoms with E-state index in [1.807, 2.05) is 31.4 Å². The summed E-state index contributed by atoms with van der Waals surface area (Å²) in [6.07, 6.45) is 1.36. The fourth-order valence-corrected chi connectivity index (χ4v) is 7.08. The summed E-state index contributed by atoms with van der Waals surface area (Å²) >= 11 is 2.97. The Morgan fingerprint density at radius 3 is 2.45 bits per heavy atom. The fraction of sp³-hybridized carbons (Fsp3) is 0.556. The van der Waals surface area contributed by atoms with Crippen LogP contribution in [0.1, 0.15) is 23.5 Å². The molecule has 4 rings (SSSR count). The summed E-state index contributed by atoms with van der Waals surface area (Å²) in [7, 11) is -3.55. The van der Waals surface area contributed by atoms with Gasteiger partial charge in [-0.25, -0.2) is 4.98 Å². The predicted molar refractivity (Wildman–Crippen MR) is 113 cm³/mol. The van der Waals surface area contributed by atoms with Crippen LogP contribution >= 0.6 is 22.7 Å². The lowest BCUT2D eigenvalue weighted by Crippen LogP contribution is -2.57. The molecule has 11 heteroatoms. The summed E-state index contributed by atoms with van der Waals surface area (Å²) in [5.74, 6) is -0.0871. The van der Waals surface area contributed by atoms with E-state index in [1.54, 1.807) is 22.4 Å². The zero-order valence-corrected chi connectivity index (χ0v) is 18.8. The zero-order chi connectivity index (χ0) is 20.6. The van der Waals surface area contributed by atoms with Crippen molar-refractivity contribution in [3.8, 4) is 9.88 Å². The highest BCUT2D eigenvalue weighted by Gasteiger charge is 2.37. The number of carbonyl (C=O) groups excluding carboxylic acids is 1. The highest BCUT2D eigenvalue weighted by atomic mass is 32.2. The number of amides is 1. The van der Waals surface area contributed by atoms with Crippen LogP contribution in [0.15, 0.2) is 23.7 Å². The summed E-state index contributed by atoms with van der Waals surface area (Å²) in [5.41, 5.74) is 0. The molecule has 0 aliphatic carbocycles. The quantitative estimate of drug-likeness (QED) is 0.703. The van der Waals surface area contributed by atoms with Crippen LogP contribution < -0.4 is 0 Å². The molecule has 158 valence electrons. The SMILES string of the molecule is CC1CN(S(=O)(=O)N2CCN(C(=O)c3cnc(-c4cccs4)s3)CC2)CC(C)O1. The number of piperazine rings is 1. The van der Waals surface area contributed by atoms with Gasteiger partial charge in [-0.1, -0.05) is 6.07 Å². The van der Waals surface area contributed by atoms with E-state index in [0.717, 1.165) is 9.88 Å². The molecule has 2 atom stereocenters. The highest BCUT2D eigenvalue weighted by molar-refractivity contribution is 7.86. The molecule has 0 bridgehead atoms. The number of morpholine rings is 1. The van der Waals surface area contributed by atoms with E-state index in [4.69, 9.17) is 4.74 Å². The topological polar surface area (TPSA) is 83.1 Å². The van der Waals surface area contributed by atoms with Crippen molar-refractivity contribution >= 4 is 38.8 Å². The van der Waals surface area contributed by atoms with Gasteiger partial charge in [-0.2, -0.15) is 17.0 Å². The molecule has 0 radical (unpaired) electrons. The number of thiophene rings is 1. The first kappa shape index (κ1) is 20.9. The van der Waals surface area contributed by atoms with Crippen molar-refractivity contribution in [2.45, 2.75) is 26.1 Å². The molecule has 4 heterocycles. The molecule has 8 nitrogen and oxygen atoms in total. The number of thiazole rings is 1. The van der Waals surface area contributed by atoms with Crippen LogP contribution in [0.5, 0.6) is 0 Å². The van der Waals surface area contributed by atoms with Crippen LogP contribution in [-0.4, -0.2) is 84.3 Å². The van der Waals surface area contributed by atoms with Gasteiger partial charge in [0, 0.05) is 39.3 Å². The van der Waals surface area contributed by atoms with Crippen LogP contribution in [0.4, 0.5) is 0 Å². The molecule has 0 saturated carbocycles. The molecule has 1 amide bonds. The van der Waals surface area contributed by atoms with E-state index in [1.165, 1.54) is 19.9 Å². The van der Waals surface area contributed by atoms with Gasteiger partial charge in [0.25, 0.3) is 16.1 Å². The van der Waals surface area contributed by atoms with Crippen molar-refractivity contribution in [3.63, 3.8) is 0 Å². The van der Waals surface area contributed by atoms with Gasteiger partial charge in [-0.05, 0) is 25.3 Å². The number of hydrogen-bond donors (Lipinski definition) is 0. The molecule has 0 N–H and O–H groups in total. The first-order valence-electron chi connectivity index (χ1n) is 9.54. The molecule has 2 aliphatic rings. The van der Waals surface area contributed by atoms with Crippen LogP contribution in [0.25, 0.3) is 9.88 Å². The maximum Gasteiger partial charge on any atom is 0.282 e. The minimum absolute atomic E-state index is 0.0871. The fourth-order valence-electron chi connectivity index (χ4n) is 3.65. The Bertz CT molecular complexity index is 942. The van der Waals surface area contributed by atoms with Gasteiger partial charge in [0.15, 0.2) is 0 Å². The minimum atomic E-state index is -3.55. The van der Waals surface area contributed by atoms with Gasteiger partial charge >= 0.3 is 0 Å². The second-order valence-electron chi connectivity index (χ2n) is 7.28. The average molecular weight is 457 g/mol. The maximum absolute atomic E-state index is 13.0. The molecule has 2 aromatic rings. The molecule has 29 heavy (non-hydrogen) atoms.